The molecule has 0 aliphatic heterocycles. The zero-order chi connectivity index (χ0) is 9.30. The van der Waals surface area contributed by atoms with E-state index >= 15 is 0 Å². The Labute approximate surface area is 71.3 Å². The topological polar surface area (TPSA) is 63.5 Å². The number of rotatable bonds is 1. The molecule has 1 rings (SSSR count). The lowest BCUT2D eigenvalue weighted by Gasteiger charge is -2.00. The third-order valence-electron chi connectivity index (χ3n) is 2.16. The van der Waals surface area contributed by atoms with Gasteiger partial charge in [0, 0.05) is 24.0 Å². The first-order valence-electron chi connectivity index (χ1n) is 3.68. The van der Waals surface area contributed by atoms with Crippen molar-refractivity contribution in [3.63, 3.8) is 0 Å². The zero-order valence-corrected chi connectivity index (χ0v) is 7.50. The number of nitrogens with zero attached hydrogens (tertiary/aromatic N) is 2. The van der Waals surface area contributed by atoms with Crippen LogP contribution in [0.5, 0.6) is 0 Å². The Morgan fingerprint density at radius 3 is 2.50 bits per heavy atom. The lowest BCUT2D eigenvalue weighted by atomic mass is 10.2. The van der Waals surface area contributed by atoms with Crippen molar-refractivity contribution in [1.29, 1.82) is 0 Å². The second-order valence-electron chi connectivity index (χ2n) is 2.83. The Morgan fingerprint density at radius 1 is 1.58 bits per heavy atom. The maximum Gasteiger partial charge on any atom is 0.171 e. The summed E-state index contributed by atoms with van der Waals surface area (Å²) < 4.78 is 1.99. The summed E-state index contributed by atoms with van der Waals surface area (Å²) >= 11 is 0. The average molecular weight is 167 g/mol. The van der Waals surface area contributed by atoms with Crippen LogP contribution in [0, 0.1) is 13.8 Å². The van der Waals surface area contributed by atoms with E-state index in [1.165, 1.54) is 0 Å². The monoisotopic (exact) mass is 167 g/mol. The predicted molar refractivity (Wildman–Crippen MR) is 47.4 cm³/mol. The van der Waals surface area contributed by atoms with E-state index in [1.54, 1.807) is 0 Å². The molecule has 0 aromatic carbocycles. The van der Waals surface area contributed by atoms with Gasteiger partial charge in [-0.2, -0.15) is 0 Å². The van der Waals surface area contributed by atoms with E-state index < -0.39 is 0 Å². The highest BCUT2D eigenvalue weighted by Crippen LogP contribution is 2.12. The smallest absolute Gasteiger partial charge is 0.171 e. The molecule has 3 N–H and O–H groups in total. The quantitative estimate of drug-likeness (QED) is 0.280. The molecule has 0 saturated heterocycles. The number of aromatic nitrogens is 1. The van der Waals surface area contributed by atoms with E-state index in [-0.39, 0.29) is 5.84 Å². The summed E-state index contributed by atoms with van der Waals surface area (Å²) in [6, 6.07) is 1.89. The van der Waals surface area contributed by atoms with Crippen LogP contribution in [0.2, 0.25) is 0 Å². The van der Waals surface area contributed by atoms with Crippen molar-refractivity contribution >= 4 is 5.84 Å². The summed E-state index contributed by atoms with van der Waals surface area (Å²) in [5, 5.41) is 11.4. The highest BCUT2D eigenvalue weighted by atomic mass is 16.4. The molecule has 0 spiro atoms. The molecular weight excluding hydrogens is 154 g/mol. The number of oxime groups is 1. The molecule has 0 atom stereocenters. The van der Waals surface area contributed by atoms with Crippen molar-refractivity contribution in [2.24, 2.45) is 17.9 Å². The predicted octanol–water partition coefficient (Wildman–Crippen LogP) is 0.736. The SMILES string of the molecule is Cc1cc(/C(N)=N/O)c(C)n1C. The number of amidine groups is 1. The first-order chi connectivity index (χ1) is 5.57. The van der Waals surface area contributed by atoms with Gasteiger partial charge in [-0.05, 0) is 19.9 Å². The summed E-state index contributed by atoms with van der Waals surface area (Å²) in [7, 11) is 1.94. The fourth-order valence-corrected chi connectivity index (χ4v) is 1.17. The van der Waals surface area contributed by atoms with E-state index in [9.17, 15) is 0 Å². The maximum atomic E-state index is 8.47. The van der Waals surface area contributed by atoms with E-state index in [0.717, 1.165) is 17.0 Å². The van der Waals surface area contributed by atoms with Gasteiger partial charge in [0.05, 0.1) is 0 Å². The molecule has 0 fully saturated rings. The first kappa shape index (κ1) is 8.64. The molecule has 0 aliphatic rings. The second-order valence-corrected chi connectivity index (χ2v) is 2.83. The summed E-state index contributed by atoms with van der Waals surface area (Å²) in [6.45, 7) is 3.90. The highest BCUT2D eigenvalue weighted by Gasteiger charge is 2.08. The van der Waals surface area contributed by atoms with Crippen molar-refractivity contribution in [2.75, 3.05) is 0 Å². The Hall–Kier alpha value is -1.45. The van der Waals surface area contributed by atoms with Gasteiger partial charge in [0.2, 0.25) is 0 Å². The molecule has 1 aromatic heterocycles. The third-order valence-corrected chi connectivity index (χ3v) is 2.16. The Balaban J connectivity index is 3.27. The lowest BCUT2D eigenvalue weighted by Crippen LogP contribution is -2.13. The molecule has 12 heavy (non-hydrogen) atoms. The molecule has 0 radical (unpaired) electrons. The van der Waals surface area contributed by atoms with Gasteiger partial charge < -0.3 is 15.5 Å². The lowest BCUT2D eigenvalue weighted by molar-refractivity contribution is 0.318. The van der Waals surface area contributed by atoms with Gasteiger partial charge in [-0.15, -0.1) is 0 Å². The van der Waals surface area contributed by atoms with Crippen molar-refractivity contribution in [3.8, 4) is 0 Å². The molecule has 1 aromatic rings. The number of hydrogen-bond donors (Lipinski definition) is 2. The molecule has 0 unspecified atom stereocenters. The maximum absolute atomic E-state index is 8.47. The van der Waals surface area contributed by atoms with Gasteiger partial charge in [0.1, 0.15) is 0 Å². The van der Waals surface area contributed by atoms with Crippen LogP contribution in [0.15, 0.2) is 11.2 Å². The van der Waals surface area contributed by atoms with Gasteiger partial charge in [-0.1, -0.05) is 5.16 Å². The van der Waals surface area contributed by atoms with Crippen molar-refractivity contribution in [3.05, 3.63) is 23.0 Å². The van der Waals surface area contributed by atoms with Crippen LogP contribution >= 0.6 is 0 Å². The third kappa shape index (κ3) is 1.15. The summed E-state index contributed by atoms with van der Waals surface area (Å²) in [5.41, 5.74) is 8.35. The van der Waals surface area contributed by atoms with E-state index in [4.69, 9.17) is 10.9 Å². The van der Waals surface area contributed by atoms with E-state index in [1.807, 2.05) is 31.5 Å². The number of nitrogens with two attached hydrogens (primary N) is 1. The minimum absolute atomic E-state index is 0.163. The van der Waals surface area contributed by atoms with Crippen molar-refractivity contribution in [1.82, 2.24) is 4.57 Å². The Morgan fingerprint density at radius 2 is 2.17 bits per heavy atom. The highest BCUT2D eigenvalue weighted by molar-refractivity contribution is 5.98. The average Bonchev–Trinajstić information content (AvgIpc) is 2.32. The minimum atomic E-state index is 0.163. The molecule has 0 amide bonds. The summed E-state index contributed by atoms with van der Waals surface area (Å²) in [5.74, 6) is 0.163. The van der Waals surface area contributed by atoms with Gasteiger partial charge >= 0.3 is 0 Å². The fraction of sp³-hybridized carbons (Fsp3) is 0.375. The zero-order valence-electron chi connectivity index (χ0n) is 7.50. The van der Waals surface area contributed by atoms with Gasteiger partial charge in [0.15, 0.2) is 5.84 Å². The van der Waals surface area contributed by atoms with Gasteiger partial charge in [-0.25, -0.2) is 0 Å². The van der Waals surface area contributed by atoms with Gasteiger partial charge in [0.25, 0.3) is 0 Å². The van der Waals surface area contributed by atoms with Crippen LogP contribution in [0.4, 0.5) is 0 Å². The van der Waals surface area contributed by atoms with Gasteiger partial charge in [-0.3, -0.25) is 0 Å². The largest absolute Gasteiger partial charge is 0.409 e. The number of aryl methyl sites for hydroxylation is 1. The van der Waals surface area contributed by atoms with Crippen molar-refractivity contribution < 1.29 is 5.21 Å². The number of hydrogen-bond acceptors (Lipinski definition) is 2. The summed E-state index contributed by atoms with van der Waals surface area (Å²) in [6.07, 6.45) is 0. The molecule has 66 valence electrons. The summed E-state index contributed by atoms with van der Waals surface area (Å²) in [4.78, 5) is 0. The molecular formula is C8H13N3O. The van der Waals surface area contributed by atoms with Crippen molar-refractivity contribution in [2.45, 2.75) is 13.8 Å². The first-order valence-corrected chi connectivity index (χ1v) is 3.68. The van der Waals surface area contributed by atoms with Crippen LogP contribution in [-0.2, 0) is 7.05 Å². The van der Waals surface area contributed by atoms with Crippen LogP contribution in [0.1, 0.15) is 17.0 Å². The molecule has 0 bridgehead atoms. The molecule has 0 aliphatic carbocycles. The standard InChI is InChI=1S/C8H13N3O/c1-5-4-7(8(9)10-12)6(2)11(5)3/h4,12H,1-3H3,(H2,9,10). The van der Waals surface area contributed by atoms with Crippen LogP contribution < -0.4 is 5.73 Å². The second kappa shape index (κ2) is 2.89. The molecule has 4 nitrogen and oxygen atoms in total. The fourth-order valence-electron chi connectivity index (χ4n) is 1.17. The molecule has 4 heteroatoms. The normalized spacial score (nSPS) is 12.1. The Bertz CT molecular complexity index is 325. The minimum Gasteiger partial charge on any atom is -0.409 e. The molecule has 0 saturated carbocycles. The van der Waals surface area contributed by atoms with Crippen LogP contribution in [-0.4, -0.2) is 15.6 Å². The Kier molecular flexibility index (Phi) is 2.08. The van der Waals surface area contributed by atoms with E-state index in [2.05, 4.69) is 5.16 Å². The van der Waals surface area contributed by atoms with Crippen LogP contribution in [0.3, 0.4) is 0 Å². The molecule has 1 heterocycles. The van der Waals surface area contributed by atoms with Crippen LogP contribution in [0.25, 0.3) is 0 Å². The van der Waals surface area contributed by atoms with E-state index in [0.29, 0.717) is 0 Å².